The van der Waals surface area contributed by atoms with Crippen LogP contribution >= 0.6 is 35.0 Å². The Kier molecular flexibility index (Phi) is 3.74. The van der Waals surface area contributed by atoms with Gasteiger partial charge in [-0.05, 0) is 36.4 Å². The second kappa shape index (κ2) is 5.52. The summed E-state index contributed by atoms with van der Waals surface area (Å²) in [5.41, 5.74) is 7.42. The molecule has 0 aliphatic carbocycles. The number of benzene rings is 2. The van der Waals surface area contributed by atoms with Gasteiger partial charge in [0.2, 0.25) is 0 Å². The summed E-state index contributed by atoms with van der Waals surface area (Å²) in [5, 5.41) is 2.34. The minimum atomic E-state index is 0.662. The van der Waals surface area contributed by atoms with Gasteiger partial charge in [0.1, 0.15) is 0 Å². The number of pyridine rings is 1. The first-order valence-electron chi connectivity index (χ1n) is 5.91. The highest BCUT2D eigenvalue weighted by Gasteiger charge is 2.09. The molecule has 0 atom stereocenters. The van der Waals surface area contributed by atoms with Gasteiger partial charge in [0.05, 0.1) is 16.2 Å². The zero-order chi connectivity index (χ0) is 14.1. The topological polar surface area (TPSA) is 38.9 Å². The summed E-state index contributed by atoms with van der Waals surface area (Å²) >= 11 is 13.8. The minimum absolute atomic E-state index is 0.662. The molecule has 0 spiro atoms. The lowest BCUT2D eigenvalue weighted by atomic mass is 10.2. The second-order valence-electron chi connectivity index (χ2n) is 4.23. The van der Waals surface area contributed by atoms with Crippen molar-refractivity contribution in [2.45, 2.75) is 9.79 Å². The number of anilines is 1. The molecule has 0 saturated heterocycles. The molecule has 100 valence electrons. The summed E-state index contributed by atoms with van der Waals surface area (Å²) in [4.78, 5) is 6.28. The van der Waals surface area contributed by atoms with E-state index in [4.69, 9.17) is 28.9 Å². The van der Waals surface area contributed by atoms with Gasteiger partial charge in [0.15, 0.2) is 0 Å². The van der Waals surface area contributed by atoms with Crippen molar-refractivity contribution < 1.29 is 0 Å². The van der Waals surface area contributed by atoms with Crippen molar-refractivity contribution in [2.75, 3.05) is 5.73 Å². The molecule has 0 aliphatic rings. The van der Waals surface area contributed by atoms with Crippen molar-refractivity contribution in [1.29, 1.82) is 0 Å². The molecule has 20 heavy (non-hydrogen) atoms. The van der Waals surface area contributed by atoms with Crippen LogP contribution in [0, 0.1) is 0 Å². The molecule has 2 nitrogen and oxygen atoms in total. The first kappa shape index (κ1) is 13.6. The highest BCUT2D eigenvalue weighted by atomic mass is 35.5. The van der Waals surface area contributed by atoms with Crippen LogP contribution < -0.4 is 5.73 Å². The lowest BCUT2D eigenvalue weighted by Gasteiger charge is -2.09. The normalized spacial score (nSPS) is 10.9. The highest BCUT2D eigenvalue weighted by Crippen LogP contribution is 2.39. The number of hydrogen-bond acceptors (Lipinski definition) is 3. The predicted octanol–water partition coefficient (Wildman–Crippen LogP) is 5.28. The Morgan fingerprint density at radius 2 is 1.85 bits per heavy atom. The van der Waals surface area contributed by atoms with Crippen molar-refractivity contribution >= 4 is 51.6 Å². The largest absolute Gasteiger partial charge is 0.397 e. The third-order valence-electron chi connectivity index (χ3n) is 2.87. The summed E-state index contributed by atoms with van der Waals surface area (Å²) in [6, 6.07) is 13.1. The summed E-state index contributed by atoms with van der Waals surface area (Å²) in [6.07, 6.45) is 1.74. The Balaban J connectivity index is 2.11. The first-order chi connectivity index (χ1) is 9.65. The minimum Gasteiger partial charge on any atom is -0.397 e. The first-order valence-corrected chi connectivity index (χ1v) is 7.48. The van der Waals surface area contributed by atoms with Crippen molar-refractivity contribution in [3.8, 4) is 0 Å². The molecular formula is C15H10Cl2N2S. The molecule has 5 heteroatoms. The van der Waals surface area contributed by atoms with Crippen LogP contribution in [0.4, 0.5) is 5.69 Å². The molecule has 0 saturated carbocycles. The number of halogens is 2. The Morgan fingerprint density at radius 1 is 1.00 bits per heavy atom. The Bertz CT molecular complexity index is 790. The van der Waals surface area contributed by atoms with E-state index in [1.165, 1.54) is 0 Å². The van der Waals surface area contributed by atoms with Crippen LogP contribution in [0.25, 0.3) is 10.9 Å². The number of hydrogen-bond donors (Lipinski definition) is 1. The van der Waals surface area contributed by atoms with Crippen LogP contribution in [0.1, 0.15) is 0 Å². The molecule has 0 amide bonds. The molecule has 0 fully saturated rings. The SMILES string of the molecule is Nc1ccc(Sc2cc(Cl)ccc2Cl)c2cccnc12. The molecule has 0 bridgehead atoms. The van der Waals surface area contributed by atoms with E-state index in [1.807, 2.05) is 30.3 Å². The van der Waals surface area contributed by atoms with Crippen LogP contribution in [-0.4, -0.2) is 4.98 Å². The van der Waals surface area contributed by atoms with Crippen LogP contribution in [0.15, 0.2) is 58.5 Å². The van der Waals surface area contributed by atoms with E-state index in [2.05, 4.69) is 4.98 Å². The van der Waals surface area contributed by atoms with Gasteiger partial charge >= 0.3 is 0 Å². The summed E-state index contributed by atoms with van der Waals surface area (Å²) in [5.74, 6) is 0. The maximum Gasteiger partial charge on any atom is 0.0942 e. The number of fused-ring (bicyclic) bond motifs is 1. The van der Waals surface area contributed by atoms with Crippen molar-refractivity contribution in [3.05, 3.63) is 58.7 Å². The van der Waals surface area contributed by atoms with E-state index < -0.39 is 0 Å². The molecular weight excluding hydrogens is 311 g/mol. The number of nitrogens with two attached hydrogens (primary N) is 1. The fourth-order valence-electron chi connectivity index (χ4n) is 1.93. The zero-order valence-electron chi connectivity index (χ0n) is 10.3. The van der Waals surface area contributed by atoms with Gasteiger partial charge in [-0.1, -0.05) is 41.0 Å². The van der Waals surface area contributed by atoms with Gasteiger partial charge in [0, 0.05) is 26.4 Å². The Labute approximate surface area is 130 Å². The average Bonchev–Trinajstić information content (AvgIpc) is 2.46. The Hall–Kier alpha value is -1.42. The molecule has 3 rings (SSSR count). The van der Waals surface area contributed by atoms with Gasteiger partial charge < -0.3 is 5.73 Å². The summed E-state index contributed by atoms with van der Waals surface area (Å²) in [6.45, 7) is 0. The number of nitrogen functional groups attached to an aromatic ring is 1. The number of nitrogens with zero attached hydrogens (tertiary/aromatic N) is 1. The van der Waals surface area contributed by atoms with E-state index in [0.717, 1.165) is 20.7 Å². The van der Waals surface area contributed by atoms with E-state index in [-0.39, 0.29) is 0 Å². The summed E-state index contributed by atoms with van der Waals surface area (Å²) < 4.78 is 0. The Morgan fingerprint density at radius 3 is 2.70 bits per heavy atom. The molecule has 0 unspecified atom stereocenters. The van der Waals surface area contributed by atoms with Gasteiger partial charge in [-0.3, -0.25) is 4.98 Å². The lowest BCUT2D eigenvalue weighted by molar-refractivity contribution is 1.38. The van der Waals surface area contributed by atoms with Crippen molar-refractivity contribution in [3.63, 3.8) is 0 Å². The highest BCUT2D eigenvalue weighted by molar-refractivity contribution is 7.99. The molecule has 0 aliphatic heterocycles. The van der Waals surface area contributed by atoms with Crippen LogP contribution in [-0.2, 0) is 0 Å². The van der Waals surface area contributed by atoms with Gasteiger partial charge in [-0.2, -0.15) is 0 Å². The second-order valence-corrected chi connectivity index (χ2v) is 6.16. The number of aromatic nitrogens is 1. The molecule has 1 aromatic heterocycles. The van der Waals surface area contributed by atoms with E-state index in [1.54, 1.807) is 30.1 Å². The van der Waals surface area contributed by atoms with E-state index in [9.17, 15) is 0 Å². The fourth-order valence-corrected chi connectivity index (χ4v) is 3.40. The lowest BCUT2D eigenvalue weighted by Crippen LogP contribution is -1.90. The maximum atomic E-state index is 6.21. The monoisotopic (exact) mass is 320 g/mol. The van der Waals surface area contributed by atoms with E-state index >= 15 is 0 Å². The molecule has 2 aromatic carbocycles. The standard InChI is InChI=1S/C15H10Cl2N2S/c16-9-3-4-11(17)14(8-9)20-13-6-5-12(18)15-10(13)2-1-7-19-15/h1-8H,18H2. The molecule has 0 radical (unpaired) electrons. The van der Waals surface area contributed by atoms with Gasteiger partial charge in [-0.25, -0.2) is 0 Å². The predicted molar refractivity (Wildman–Crippen MR) is 86.7 cm³/mol. The maximum absolute atomic E-state index is 6.21. The average molecular weight is 321 g/mol. The van der Waals surface area contributed by atoms with Crippen molar-refractivity contribution in [1.82, 2.24) is 4.98 Å². The smallest absolute Gasteiger partial charge is 0.0942 e. The number of rotatable bonds is 2. The quantitative estimate of drug-likeness (QED) is 0.653. The summed E-state index contributed by atoms with van der Waals surface area (Å²) in [7, 11) is 0. The van der Waals surface area contributed by atoms with E-state index in [0.29, 0.717) is 15.7 Å². The zero-order valence-corrected chi connectivity index (χ0v) is 12.6. The van der Waals surface area contributed by atoms with Crippen LogP contribution in [0.5, 0.6) is 0 Å². The third-order valence-corrected chi connectivity index (χ3v) is 4.68. The van der Waals surface area contributed by atoms with Gasteiger partial charge in [0.25, 0.3) is 0 Å². The fraction of sp³-hybridized carbons (Fsp3) is 0. The molecule has 1 heterocycles. The van der Waals surface area contributed by atoms with Crippen LogP contribution in [0.2, 0.25) is 10.0 Å². The van der Waals surface area contributed by atoms with Crippen molar-refractivity contribution in [2.24, 2.45) is 0 Å². The third kappa shape index (κ3) is 2.57. The molecule has 3 aromatic rings. The van der Waals surface area contributed by atoms with Gasteiger partial charge in [-0.15, -0.1) is 0 Å². The molecule has 2 N–H and O–H groups in total. The van der Waals surface area contributed by atoms with Crippen LogP contribution in [0.3, 0.4) is 0 Å².